The summed E-state index contributed by atoms with van der Waals surface area (Å²) in [5, 5.41) is 39.0. The molecule has 0 fully saturated rings. The van der Waals surface area contributed by atoms with Crippen LogP contribution in [-0.4, -0.2) is 88.1 Å². The molecule has 0 saturated heterocycles. The van der Waals surface area contributed by atoms with Crippen molar-refractivity contribution < 1.29 is 58.0 Å². The maximum atomic E-state index is 12.6. The molecule has 12 nitrogen and oxygen atoms in total. The van der Waals surface area contributed by atoms with E-state index in [0.29, 0.717) is 6.42 Å². The van der Waals surface area contributed by atoms with Crippen molar-refractivity contribution in [3.8, 4) is 0 Å². The molecule has 5 N–H and O–H groups in total. The molecule has 5 atom stereocenters. The van der Waals surface area contributed by atoms with Gasteiger partial charge in [-0.15, -0.1) is 0 Å². The fourth-order valence-electron chi connectivity index (χ4n) is 5.87. The second-order valence-electron chi connectivity index (χ2n) is 15.5. The Hall–Kier alpha value is -1.89. The number of ether oxygens (including phenoxy) is 2. The third-order valence-corrected chi connectivity index (χ3v) is 10.4. The first-order valence-corrected chi connectivity index (χ1v) is 23.5. The van der Waals surface area contributed by atoms with Gasteiger partial charge in [-0.05, 0) is 57.3 Å². The zero-order chi connectivity index (χ0) is 42.4. The minimum atomic E-state index is -4.68. The fourth-order valence-corrected chi connectivity index (χ4v) is 6.66. The lowest BCUT2D eigenvalue weighted by atomic mass is 10.0. The van der Waals surface area contributed by atoms with Gasteiger partial charge in [0.05, 0.1) is 32.0 Å². The first-order chi connectivity index (χ1) is 27.4. The van der Waals surface area contributed by atoms with Gasteiger partial charge in [-0.1, -0.05) is 147 Å². The van der Waals surface area contributed by atoms with Crippen molar-refractivity contribution in [3.63, 3.8) is 0 Å². The summed E-state index contributed by atoms with van der Waals surface area (Å²) in [5.74, 6) is -0.416. The van der Waals surface area contributed by atoms with Crippen molar-refractivity contribution >= 4 is 19.8 Å². The van der Waals surface area contributed by atoms with E-state index in [4.69, 9.17) is 19.1 Å². The number of carbonyl (C=O) groups excluding carboxylic acids is 2. The van der Waals surface area contributed by atoms with Gasteiger partial charge < -0.3 is 34.8 Å². The van der Waals surface area contributed by atoms with Crippen molar-refractivity contribution in [2.75, 3.05) is 26.4 Å². The summed E-state index contributed by atoms with van der Waals surface area (Å²) in [4.78, 5) is 35.0. The number of aliphatic hydroxyl groups is 4. The van der Waals surface area contributed by atoms with Gasteiger partial charge in [0, 0.05) is 12.8 Å². The second-order valence-corrected chi connectivity index (χ2v) is 17.0. The Balaban J connectivity index is 4.52. The molecule has 13 heteroatoms. The summed E-state index contributed by atoms with van der Waals surface area (Å²) in [7, 11) is -4.68. The lowest BCUT2D eigenvalue weighted by Gasteiger charge is -2.20. The van der Waals surface area contributed by atoms with E-state index in [0.717, 1.165) is 44.4 Å². The van der Waals surface area contributed by atoms with E-state index < -0.39 is 70.6 Å². The zero-order valence-electron chi connectivity index (χ0n) is 35.7. The molecule has 0 amide bonds. The van der Waals surface area contributed by atoms with Gasteiger partial charge in [-0.3, -0.25) is 18.6 Å². The maximum absolute atomic E-state index is 12.6. The van der Waals surface area contributed by atoms with Crippen molar-refractivity contribution in [3.05, 3.63) is 36.5 Å². The van der Waals surface area contributed by atoms with Crippen molar-refractivity contribution in [2.24, 2.45) is 5.92 Å². The van der Waals surface area contributed by atoms with Gasteiger partial charge in [0.25, 0.3) is 0 Å². The van der Waals surface area contributed by atoms with Crippen LogP contribution in [0.2, 0.25) is 0 Å². The Morgan fingerprint density at radius 2 is 1.16 bits per heavy atom. The molecule has 57 heavy (non-hydrogen) atoms. The average molecular weight is 833 g/mol. The molecule has 0 radical (unpaired) electrons. The van der Waals surface area contributed by atoms with Crippen LogP contribution >= 0.6 is 7.82 Å². The molecule has 0 bridgehead atoms. The van der Waals surface area contributed by atoms with E-state index in [1.54, 1.807) is 0 Å². The number of phosphoric acid groups is 1. The van der Waals surface area contributed by atoms with Crippen molar-refractivity contribution in [1.29, 1.82) is 0 Å². The molecule has 0 heterocycles. The van der Waals surface area contributed by atoms with Gasteiger partial charge in [0.1, 0.15) is 12.7 Å². The van der Waals surface area contributed by atoms with Crippen LogP contribution in [0.1, 0.15) is 175 Å². The zero-order valence-corrected chi connectivity index (χ0v) is 36.6. The van der Waals surface area contributed by atoms with Crippen LogP contribution in [0.15, 0.2) is 36.5 Å². The summed E-state index contributed by atoms with van der Waals surface area (Å²) in [5.41, 5.74) is 0. The largest absolute Gasteiger partial charge is 0.472 e. The summed E-state index contributed by atoms with van der Waals surface area (Å²) in [6.07, 6.45) is 30.0. The molecular weight excluding hydrogens is 751 g/mol. The van der Waals surface area contributed by atoms with Crippen LogP contribution in [0.4, 0.5) is 0 Å². The molecule has 0 spiro atoms. The topological polar surface area (TPSA) is 189 Å². The number of rotatable bonds is 40. The molecule has 0 aromatic rings. The Morgan fingerprint density at radius 1 is 0.614 bits per heavy atom. The van der Waals surface area contributed by atoms with Crippen LogP contribution in [0.5, 0.6) is 0 Å². The minimum Gasteiger partial charge on any atom is -0.462 e. The first kappa shape index (κ1) is 55.1. The third-order valence-electron chi connectivity index (χ3n) is 9.43. The van der Waals surface area contributed by atoms with Gasteiger partial charge in [0.2, 0.25) is 0 Å². The molecular formula is C44H81O12P. The Labute approximate surface area is 345 Å². The highest BCUT2D eigenvalue weighted by Crippen LogP contribution is 2.43. The van der Waals surface area contributed by atoms with Crippen LogP contribution in [-0.2, 0) is 32.7 Å². The average Bonchev–Trinajstić information content (AvgIpc) is 3.18. The van der Waals surface area contributed by atoms with Crippen molar-refractivity contribution in [1.82, 2.24) is 0 Å². The predicted octanol–water partition coefficient (Wildman–Crippen LogP) is 9.36. The van der Waals surface area contributed by atoms with Crippen LogP contribution in [0, 0.1) is 5.92 Å². The standard InChI is InChI=1S/C44H81O12P/c1-4-5-6-7-8-9-10-14-17-20-23-26-30-41(47)42(48)31-28-33-43(49)53-36-40(37-55-57(51,52)54-35-39(46)34-45)56-44(50)32-27-24-21-18-15-12-11-13-16-19-22-25-29-38(2)3/h8-9,14,17,23,26,38-42,45-48H,4-7,10-13,15-16,18-22,24-25,27-37H2,1-3H3,(H,51,52)/b9-8-,17-14-,26-23-/t39-,40+,41?,42?/m0/s1. The fraction of sp³-hybridized carbons (Fsp3) is 0.818. The number of unbranched alkanes of at least 4 members (excludes halogenated alkanes) is 14. The minimum absolute atomic E-state index is 0.0713. The molecule has 0 aliphatic heterocycles. The number of esters is 2. The normalized spacial score (nSPS) is 15.4. The van der Waals surface area contributed by atoms with Gasteiger partial charge in [0.15, 0.2) is 6.10 Å². The van der Waals surface area contributed by atoms with E-state index in [1.807, 2.05) is 12.2 Å². The molecule has 0 aromatic heterocycles. The molecule has 0 rings (SSSR count). The highest BCUT2D eigenvalue weighted by Gasteiger charge is 2.27. The molecule has 3 unspecified atom stereocenters. The number of aliphatic hydroxyl groups excluding tert-OH is 4. The SMILES string of the molecule is CCCCC/C=C\C/C=C\C/C=C\CC(O)C(O)CCCC(=O)OC[C@H](COP(=O)(O)OC[C@@H](O)CO)OC(=O)CCCCCCCCCCCCCCC(C)C. The smallest absolute Gasteiger partial charge is 0.462 e. The number of carbonyl (C=O) groups is 2. The van der Waals surface area contributed by atoms with Gasteiger partial charge in [-0.25, -0.2) is 4.57 Å². The number of hydrogen-bond donors (Lipinski definition) is 5. The van der Waals surface area contributed by atoms with Crippen LogP contribution < -0.4 is 0 Å². The second kappa shape index (κ2) is 38.3. The van der Waals surface area contributed by atoms with E-state index >= 15 is 0 Å². The molecule has 0 aliphatic rings. The Kier molecular flexibility index (Phi) is 37.1. The summed E-state index contributed by atoms with van der Waals surface area (Å²) in [6.45, 7) is 4.34. The number of allylic oxidation sites excluding steroid dienone is 5. The maximum Gasteiger partial charge on any atom is 0.472 e. The summed E-state index contributed by atoms with van der Waals surface area (Å²) >= 11 is 0. The first-order valence-electron chi connectivity index (χ1n) is 22.0. The highest BCUT2D eigenvalue weighted by molar-refractivity contribution is 7.47. The molecule has 0 saturated carbocycles. The van der Waals surface area contributed by atoms with E-state index in [-0.39, 0.29) is 32.1 Å². The molecule has 334 valence electrons. The van der Waals surface area contributed by atoms with Crippen molar-refractivity contribution in [2.45, 2.75) is 199 Å². The lowest BCUT2D eigenvalue weighted by Crippen LogP contribution is -2.30. The van der Waals surface area contributed by atoms with Gasteiger partial charge in [-0.2, -0.15) is 0 Å². The number of phosphoric ester groups is 1. The van der Waals surface area contributed by atoms with E-state index in [1.165, 1.54) is 77.0 Å². The Bertz CT molecular complexity index is 1100. The predicted molar refractivity (Wildman–Crippen MR) is 226 cm³/mol. The lowest BCUT2D eigenvalue weighted by molar-refractivity contribution is -0.161. The third kappa shape index (κ3) is 38.1. The Morgan fingerprint density at radius 3 is 1.75 bits per heavy atom. The highest BCUT2D eigenvalue weighted by atomic mass is 31.2. The van der Waals surface area contributed by atoms with Crippen LogP contribution in [0.3, 0.4) is 0 Å². The molecule has 0 aliphatic carbocycles. The van der Waals surface area contributed by atoms with E-state index in [9.17, 15) is 34.4 Å². The monoisotopic (exact) mass is 833 g/mol. The molecule has 0 aromatic carbocycles. The summed E-state index contributed by atoms with van der Waals surface area (Å²) in [6, 6.07) is 0. The number of hydrogen-bond acceptors (Lipinski definition) is 11. The van der Waals surface area contributed by atoms with E-state index in [2.05, 4.69) is 49.6 Å². The quantitative estimate of drug-likeness (QED) is 0.0171. The summed E-state index contributed by atoms with van der Waals surface area (Å²) < 4.78 is 32.5. The van der Waals surface area contributed by atoms with Gasteiger partial charge >= 0.3 is 19.8 Å². The van der Waals surface area contributed by atoms with Crippen LogP contribution in [0.25, 0.3) is 0 Å².